The van der Waals surface area contributed by atoms with Crippen LogP contribution in [0.4, 0.5) is 0 Å². The van der Waals surface area contributed by atoms with Crippen LogP contribution >= 0.6 is 7.82 Å². The SMILES string of the molecule is CCCCOP(=O)(OCCCC)OCCCC.CN1CCCC1=O. The molecule has 1 saturated heterocycles. The van der Waals surface area contributed by atoms with Crippen LogP contribution in [0.25, 0.3) is 0 Å². The third kappa shape index (κ3) is 12.0. The van der Waals surface area contributed by atoms with Gasteiger partial charge in [0, 0.05) is 20.0 Å². The monoisotopic (exact) mass is 365 g/mol. The van der Waals surface area contributed by atoms with Gasteiger partial charge in [0.15, 0.2) is 0 Å². The maximum Gasteiger partial charge on any atom is 0.474 e. The molecule has 0 radical (unpaired) electrons. The van der Waals surface area contributed by atoms with Crippen LogP contribution in [0.2, 0.25) is 0 Å². The van der Waals surface area contributed by atoms with Crippen molar-refractivity contribution in [2.24, 2.45) is 0 Å². The first-order chi connectivity index (χ1) is 11.5. The highest BCUT2D eigenvalue weighted by Crippen LogP contribution is 2.49. The molecular formula is C17H36NO5P. The van der Waals surface area contributed by atoms with Gasteiger partial charge < -0.3 is 4.90 Å². The molecular weight excluding hydrogens is 329 g/mol. The third-order valence-electron chi connectivity index (χ3n) is 3.55. The lowest BCUT2D eigenvalue weighted by Crippen LogP contribution is -2.17. The molecule has 24 heavy (non-hydrogen) atoms. The van der Waals surface area contributed by atoms with Crippen LogP contribution in [-0.4, -0.2) is 44.2 Å². The maximum absolute atomic E-state index is 12.2. The lowest BCUT2D eigenvalue weighted by Gasteiger charge is -2.17. The fourth-order valence-electron chi connectivity index (χ4n) is 1.86. The predicted molar refractivity (Wildman–Crippen MR) is 97.1 cm³/mol. The summed E-state index contributed by atoms with van der Waals surface area (Å²) in [6.07, 6.45) is 7.44. The van der Waals surface area contributed by atoms with Gasteiger partial charge in [0.2, 0.25) is 5.91 Å². The fraction of sp³-hybridized carbons (Fsp3) is 0.941. The normalized spacial score (nSPS) is 14.7. The van der Waals surface area contributed by atoms with E-state index in [-0.39, 0.29) is 0 Å². The van der Waals surface area contributed by atoms with E-state index in [0.717, 1.165) is 57.9 Å². The van der Waals surface area contributed by atoms with E-state index in [1.54, 1.807) is 4.90 Å². The van der Waals surface area contributed by atoms with Crippen LogP contribution in [-0.2, 0) is 22.9 Å². The van der Waals surface area contributed by atoms with Crippen LogP contribution in [0.5, 0.6) is 0 Å². The van der Waals surface area contributed by atoms with Crippen molar-refractivity contribution in [1.82, 2.24) is 4.90 Å². The summed E-state index contributed by atoms with van der Waals surface area (Å²) in [6.45, 7) is 8.45. The van der Waals surface area contributed by atoms with Crippen molar-refractivity contribution in [1.29, 1.82) is 0 Å². The summed E-state index contributed by atoms with van der Waals surface area (Å²) in [5, 5.41) is 0. The van der Waals surface area contributed by atoms with Gasteiger partial charge in [-0.3, -0.25) is 18.4 Å². The molecule has 0 N–H and O–H groups in total. The molecule has 6 nitrogen and oxygen atoms in total. The van der Waals surface area contributed by atoms with Crippen LogP contribution in [0.1, 0.15) is 72.1 Å². The molecule has 0 aliphatic carbocycles. The van der Waals surface area contributed by atoms with Gasteiger partial charge in [0.05, 0.1) is 19.8 Å². The summed E-state index contributed by atoms with van der Waals surface area (Å²) < 4.78 is 28.0. The zero-order valence-electron chi connectivity index (χ0n) is 15.9. The van der Waals surface area contributed by atoms with E-state index < -0.39 is 7.82 Å². The van der Waals surface area contributed by atoms with Crippen LogP contribution in [0.15, 0.2) is 0 Å². The minimum Gasteiger partial charge on any atom is -0.346 e. The quantitative estimate of drug-likeness (QED) is 0.368. The van der Waals surface area contributed by atoms with Gasteiger partial charge in [-0.25, -0.2) is 4.57 Å². The van der Waals surface area contributed by atoms with Gasteiger partial charge in [-0.05, 0) is 25.7 Å². The topological polar surface area (TPSA) is 65.1 Å². The molecule has 0 aromatic carbocycles. The smallest absolute Gasteiger partial charge is 0.346 e. The predicted octanol–water partition coefficient (Wildman–Crippen LogP) is 4.78. The molecule has 0 spiro atoms. The van der Waals surface area contributed by atoms with E-state index in [4.69, 9.17) is 13.6 Å². The van der Waals surface area contributed by atoms with Crippen molar-refractivity contribution in [2.75, 3.05) is 33.4 Å². The second kappa shape index (κ2) is 14.9. The zero-order chi connectivity index (χ0) is 18.3. The Hall–Kier alpha value is -0.420. The number of carbonyl (C=O) groups excluding carboxylic acids is 1. The molecule has 1 aliphatic rings. The first kappa shape index (κ1) is 23.6. The highest BCUT2D eigenvalue weighted by molar-refractivity contribution is 7.48. The lowest BCUT2D eigenvalue weighted by molar-refractivity contribution is -0.126. The number of unbranched alkanes of at least 4 members (excludes halogenated alkanes) is 3. The number of amides is 1. The number of likely N-dealkylation sites (tertiary alicyclic amines) is 1. The van der Waals surface area contributed by atoms with Crippen LogP contribution in [0, 0.1) is 0 Å². The van der Waals surface area contributed by atoms with E-state index in [1.807, 2.05) is 7.05 Å². The molecule has 0 bridgehead atoms. The Labute approximate surface area is 147 Å². The average molecular weight is 365 g/mol. The molecule has 0 unspecified atom stereocenters. The van der Waals surface area contributed by atoms with Crippen molar-refractivity contribution in [3.8, 4) is 0 Å². The number of nitrogens with zero attached hydrogens (tertiary/aromatic N) is 1. The Morgan fingerprint density at radius 1 is 0.917 bits per heavy atom. The van der Waals surface area contributed by atoms with Crippen molar-refractivity contribution in [3.05, 3.63) is 0 Å². The second-order valence-corrected chi connectivity index (χ2v) is 7.60. The Bertz CT molecular complexity index is 332. The lowest BCUT2D eigenvalue weighted by atomic mass is 10.4. The van der Waals surface area contributed by atoms with E-state index in [1.165, 1.54) is 0 Å². The summed E-state index contributed by atoms with van der Waals surface area (Å²) in [6, 6.07) is 0. The van der Waals surface area contributed by atoms with Gasteiger partial charge in [-0.1, -0.05) is 40.0 Å². The molecule has 144 valence electrons. The molecule has 0 aromatic rings. The molecule has 1 rings (SSSR count). The molecule has 0 aromatic heterocycles. The maximum atomic E-state index is 12.2. The van der Waals surface area contributed by atoms with Crippen molar-refractivity contribution in [3.63, 3.8) is 0 Å². The van der Waals surface area contributed by atoms with Crippen molar-refractivity contribution in [2.45, 2.75) is 72.1 Å². The molecule has 1 heterocycles. The second-order valence-electron chi connectivity index (χ2n) is 5.93. The largest absolute Gasteiger partial charge is 0.474 e. The Kier molecular flexibility index (Phi) is 14.6. The van der Waals surface area contributed by atoms with Crippen molar-refractivity contribution < 1.29 is 22.9 Å². The van der Waals surface area contributed by atoms with E-state index >= 15 is 0 Å². The minimum absolute atomic E-state index is 0.292. The zero-order valence-corrected chi connectivity index (χ0v) is 16.8. The highest BCUT2D eigenvalue weighted by atomic mass is 31.2. The molecule has 0 saturated carbocycles. The van der Waals surface area contributed by atoms with Crippen molar-refractivity contribution >= 4 is 13.7 Å². The standard InChI is InChI=1S/C12H27O4P.C5H9NO/c1-4-7-10-14-17(13,15-11-8-5-2)16-12-9-6-3;1-6-4-2-3-5(6)7/h4-12H2,1-3H3;2-4H2,1H3. The molecule has 1 amide bonds. The number of carbonyl (C=O) groups is 1. The summed E-state index contributed by atoms with van der Waals surface area (Å²) in [4.78, 5) is 12.3. The first-order valence-electron chi connectivity index (χ1n) is 9.26. The number of phosphoric acid groups is 1. The number of hydrogen-bond acceptors (Lipinski definition) is 5. The molecule has 1 fully saturated rings. The number of phosphoric ester groups is 1. The number of hydrogen-bond donors (Lipinski definition) is 0. The van der Waals surface area contributed by atoms with Crippen LogP contribution in [0.3, 0.4) is 0 Å². The Morgan fingerprint density at radius 3 is 1.54 bits per heavy atom. The van der Waals surface area contributed by atoms with Gasteiger partial charge in [-0.2, -0.15) is 0 Å². The Morgan fingerprint density at radius 2 is 1.33 bits per heavy atom. The van der Waals surface area contributed by atoms with Crippen LogP contribution < -0.4 is 0 Å². The Balaban J connectivity index is 0.000000620. The summed E-state index contributed by atoms with van der Waals surface area (Å²) >= 11 is 0. The van der Waals surface area contributed by atoms with Gasteiger partial charge in [0.25, 0.3) is 0 Å². The van der Waals surface area contributed by atoms with Gasteiger partial charge in [0.1, 0.15) is 0 Å². The summed E-state index contributed by atoms with van der Waals surface area (Å²) in [7, 11) is -1.47. The minimum atomic E-state index is -3.31. The van der Waals surface area contributed by atoms with E-state index in [9.17, 15) is 9.36 Å². The molecule has 7 heteroatoms. The average Bonchev–Trinajstić information content (AvgIpc) is 2.92. The summed E-state index contributed by atoms with van der Waals surface area (Å²) in [5.41, 5.74) is 0. The molecule has 0 atom stereocenters. The summed E-state index contributed by atoms with van der Waals surface area (Å²) in [5.74, 6) is 0.292. The fourth-order valence-corrected chi connectivity index (χ4v) is 3.14. The first-order valence-corrected chi connectivity index (χ1v) is 10.7. The molecule has 1 aliphatic heterocycles. The number of rotatable bonds is 12. The highest BCUT2D eigenvalue weighted by Gasteiger charge is 2.25. The third-order valence-corrected chi connectivity index (χ3v) is 5.05. The van der Waals surface area contributed by atoms with Gasteiger partial charge in [-0.15, -0.1) is 0 Å². The van der Waals surface area contributed by atoms with E-state index in [2.05, 4.69) is 20.8 Å². The van der Waals surface area contributed by atoms with E-state index in [0.29, 0.717) is 25.7 Å². The van der Waals surface area contributed by atoms with Gasteiger partial charge >= 0.3 is 7.82 Å².